The summed E-state index contributed by atoms with van der Waals surface area (Å²) in [4.78, 5) is 2.62. The minimum atomic E-state index is 0.231. The van der Waals surface area contributed by atoms with Gasteiger partial charge >= 0.3 is 0 Å². The number of rotatable bonds is 7. The third kappa shape index (κ3) is 3.82. The van der Waals surface area contributed by atoms with E-state index in [0.717, 1.165) is 13.1 Å². The van der Waals surface area contributed by atoms with Gasteiger partial charge in [-0.15, -0.1) is 0 Å². The van der Waals surface area contributed by atoms with E-state index in [1.165, 1.54) is 38.5 Å². The van der Waals surface area contributed by atoms with E-state index in [1.807, 2.05) is 0 Å². The van der Waals surface area contributed by atoms with Gasteiger partial charge in [0.05, 0.1) is 0 Å². The van der Waals surface area contributed by atoms with E-state index in [-0.39, 0.29) is 5.54 Å². The Bertz CT molecular complexity index is 281. The topological polar surface area (TPSA) is 15.3 Å². The molecule has 0 fully saturated rings. The summed E-state index contributed by atoms with van der Waals surface area (Å²) in [5.41, 5.74) is 1.88. The molecule has 0 aromatic carbocycles. The molecule has 2 unspecified atom stereocenters. The fourth-order valence-electron chi connectivity index (χ4n) is 3.75. The van der Waals surface area contributed by atoms with Crippen LogP contribution in [0.3, 0.4) is 0 Å². The lowest BCUT2D eigenvalue weighted by atomic mass is 9.81. The van der Waals surface area contributed by atoms with Gasteiger partial charge in [0, 0.05) is 11.6 Å². The Labute approximate surface area is 120 Å². The summed E-state index contributed by atoms with van der Waals surface area (Å²) in [5.74, 6) is 0. The van der Waals surface area contributed by atoms with Gasteiger partial charge in [-0.25, -0.2) is 0 Å². The van der Waals surface area contributed by atoms with Crippen molar-refractivity contribution in [1.82, 2.24) is 10.2 Å². The molecule has 0 saturated carbocycles. The molecule has 2 nitrogen and oxygen atoms in total. The summed E-state index contributed by atoms with van der Waals surface area (Å²) in [5, 5.41) is 3.63. The van der Waals surface area contributed by atoms with E-state index >= 15 is 0 Å². The first kappa shape index (κ1) is 16.7. The van der Waals surface area contributed by atoms with Crippen molar-refractivity contribution in [3.63, 3.8) is 0 Å². The van der Waals surface area contributed by atoms with E-state index in [0.29, 0.717) is 6.04 Å². The molecule has 0 aromatic rings. The van der Waals surface area contributed by atoms with Gasteiger partial charge < -0.3 is 5.32 Å². The first-order valence-corrected chi connectivity index (χ1v) is 8.25. The molecule has 0 aliphatic heterocycles. The molecule has 0 saturated heterocycles. The Hall–Kier alpha value is -0.340. The largest absolute Gasteiger partial charge is 0.312 e. The quantitative estimate of drug-likeness (QED) is 0.701. The molecule has 19 heavy (non-hydrogen) atoms. The normalized spacial score (nSPS) is 21.7. The molecule has 0 bridgehead atoms. The van der Waals surface area contributed by atoms with Gasteiger partial charge in [-0.2, -0.15) is 0 Å². The summed E-state index contributed by atoms with van der Waals surface area (Å²) < 4.78 is 0. The lowest BCUT2D eigenvalue weighted by Gasteiger charge is -2.46. The first-order valence-electron chi connectivity index (χ1n) is 8.25. The fourth-order valence-corrected chi connectivity index (χ4v) is 3.75. The predicted octanol–water partition coefficient (Wildman–Crippen LogP) is 3.98. The highest BCUT2D eigenvalue weighted by Gasteiger charge is 2.37. The highest BCUT2D eigenvalue weighted by molar-refractivity contribution is 5.19. The maximum Gasteiger partial charge on any atom is 0.0461 e. The number of hydrogen-bond donors (Lipinski definition) is 1. The number of nitrogens with zero attached hydrogens (tertiary/aromatic N) is 1. The van der Waals surface area contributed by atoms with Crippen LogP contribution in [0.1, 0.15) is 66.2 Å². The number of hydrogen-bond acceptors (Lipinski definition) is 2. The van der Waals surface area contributed by atoms with Gasteiger partial charge in [0.1, 0.15) is 0 Å². The van der Waals surface area contributed by atoms with E-state index in [2.05, 4.69) is 51.0 Å². The van der Waals surface area contributed by atoms with Crippen LogP contribution in [0, 0.1) is 0 Å². The minimum absolute atomic E-state index is 0.231. The molecule has 1 aliphatic carbocycles. The van der Waals surface area contributed by atoms with Gasteiger partial charge in [-0.1, -0.05) is 38.8 Å². The average molecular weight is 266 g/mol. The third-order valence-electron chi connectivity index (χ3n) is 5.06. The van der Waals surface area contributed by atoms with Crippen LogP contribution in [0.15, 0.2) is 11.6 Å². The molecule has 1 rings (SSSR count). The average Bonchev–Trinajstić information content (AvgIpc) is 2.70. The van der Waals surface area contributed by atoms with Crippen molar-refractivity contribution < 1.29 is 0 Å². The molecule has 0 spiro atoms. The second-order valence-corrected chi connectivity index (χ2v) is 5.98. The Kier molecular flexibility index (Phi) is 7.09. The summed E-state index contributed by atoms with van der Waals surface area (Å²) in [6.07, 6.45) is 10.4. The van der Waals surface area contributed by atoms with Crippen LogP contribution in [-0.2, 0) is 0 Å². The Morgan fingerprint density at radius 1 is 1.21 bits per heavy atom. The van der Waals surface area contributed by atoms with Crippen molar-refractivity contribution in [2.24, 2.45) is 0 Å². The first-order chi connectivity index (χ1) is 9.13. The fraction of sp³-hybridized carbons (Fsp3) is 0.882. The Morgan fingerprint density at radius 2 is 1.89 bits per heavy atom. The summed E-state index contributed by atoms with van der Waals surface area (Å²) in [7, 11) is 2.13. The van der Waals surface area contributed by atoms with E-state index in [1.54, 1.807) is 5.57 Å². The lowest BCUT2D eigenvalue weighted by molar-refractivity contribution is 0.0841. The maximum atomic E-state index is 3.63. The zero-order chi connectivity index (χ0) is 14.3. The summed E-state index contributed by atoms with van der Waals surface area (Å²) in [6, 6.07) is 0.496. The zero-order valence-electron chi connectivity index (χ0n) is 13.8. The van der Waals surface area contributed by atoms with Gasteiger partial charge in [0.15, 0.2) is 0 Å². The van der Waals surface area contributed by atoms with Crippen molar-refractivity contribution in [3.8, 4) is 0 Å². The van der Waals surface area contributed by atoms with Crippen molar-refractivity contribution in [2.45, 2.75) is 77.8 Å². The molecule has 112 valence electrons. The molecule has 0 aromatic heterocycles. The molecule has 1 N–H and O–H groups in total. The zero-order valence-corrected chi connectivity index (χ0v) is 13.8. The van der Waals surface area contributed by atoms with E-state index < -0.39 is 0 Å². The van der Waals surface area contributed by atoms with Crippen LogP contribution in [-0.4, -0.2) is 36.6 Å². The molecule has 2 atom stereocenters. The predicted molar refractivity (Wildman–Crippen MR) is 85.6 cm³/mol. The standard InChI is InChI=1S/C17H34N2/c1-6-17(4,19(7-2)8-3)16(18-5)15-13-11-9-10-12-14-15/h13,16,18H,6-12,14H2,1-5H3. The van der Waals surface area contributed by atoms with Gasteiger partial charge in [0.2, 0.25) is 0 Å². The van der Waals surface area contributed by atoms with Crippen LogP contribution >= 0.6 is 0 Å². The van der Waals surface area contributed by atoms with Crippen LogP contribution in [0.5, 0.6) is 0 Å². The van der Waals surface area contributed by atoms with E-state index in [4.69, 9.17) is 0 Å². The highest BCUT2D eigenvalue weighted by Crippen LogP contribution is 2.31. The maximum absolute atomic E-state index is 3.63. The summed E-state index contributed by atoms with van der Waals surface area (Å²) in [6.45, 7) is 11.6. The van der Waals surface area contributed by atoms with Gasteiger partial charge in [-0.05, 0) is 59.2 Å². The highest BCUT2D eigenvalue weighted by atomic mass is 15.2. The van der Waals surface area contributed by atoms with Crippen LogP contribution in [0.4, 0.5) is 0 Å². The van der Waals surface area contributed by atoms with Crippen LogP contribution in [0.2, 0.25) is 0 Å². The molecule has 0 amide bonds. The molecule has 0 heterocycles. The van der Waals surface area contributed by atoms with Crippen LogP contribution < -0.4 is 5.32 Å². The second kappa shape index (κ2) is 8.06. The molecular formula is C17H34N2. The van der Waals surface area contributed by atoms with Gasteiger partial charge in [-0.3, -0.25) is 4.90 Å². The van der Waals surface area contributed by atoms with E-state index in [9.17, 15) is 0 Å². The SMILES string of the molecule is CCN(CC)C(C)(CC)C(NC)C1=CCCCCC1. The number of likely N-dealkylation sites (N-methyl/N-ethyl adjacent to an activating group) is 2. The Morgan fingerprint density at radius 3 is 2.42 bits per heavy atom. The third-order valence-corrected chi connectivity index (χ3v) is 5.06. The lowest BCUT2D eigenvalue weighted by Crippen LogP contribution is -2.59. The monoisotopic (exact) mass is 266 g/mol. The second-order valence-electron chi connectivity index (χ2n) is 5.98. The molecular weight excluding hydrogens is 232 g/mol. The molecule has 0 radical (unpaired) electrons. The van der Waals surface area contributed by atoms with Crippen molar-refractivity contribution >= 4 is 0 Å². The molecule has 1 aliphatic rings. The Balaban J connectivity index is 2.99. The summed E-state index contributed by atoms with van der Waals surface area (Å²) >= 11 is 0. The number of allylic oxidation sites excluding steroid dienone is 1. The van der Waals surface area contributed by atoms with Crippen molar-refractivity contribution in [3.05, 3.63) is 11.6 Å². The minimum Gasteiger partial charge on any atom is -0.312 e. The molecule has 2 heteroatoms. The van der Waals surface area contributed by atoms with Crippen molar-refractivity contribution in [1.29, 1.82) is 0 Å². The van der Waals surface area contributed by atoms with Crippen LogP contribution in [0.25, 0.3) is 0 Å². The smallest absolute Gasteiger partial charge is 0.0461 e. The number of nitrogens with one attached hydrogen (secondary N) is 1. The van der Waals surface area contributed by atoms with Gasteiger partial charge in [0.25, 0.3) is 0 Å². The van der Waals surface area contributed by atoms with Crippen molar-refractivity contribution in [2.75, 3.05) is 20.1 Å².